The molecule has 0 N–H and O–H groups in total. The fourth-order valence-corrected chi connectivity index (χ4v) is 5.97. The maximum Gasteiger partial charge on any atom is 0.452 e. The van der Waals surface area contributed by atoms with Crippen LogP contribution in [0, 0.1) is 0 Å². The minimum atomic E-state index is -4.79. The molecular formula is C23H19Cl2F3N4O4S. The zero-order valence-electron chi connectivity index (χ0n) is 19.0. The number of alkyl halides is 3. The number of piperidine rings is 1. The van der Waals surface area contributed by atoms with Crippen LogP contribution in [0.3, 0.4) is 0 Å². The van der Waals surface area contributed by atoms with Crippen LogP contribution < -0.4 is 5.56 Å². The quantitative estimate of drug-likeness (QED) is 0.401. The second-order valence-corrected chi connectivity index (χ2v) is 10.4. The van der Waals surface area contributed by atoms with Crippen LogP contribution >= 0.6 is 34.5 Å². The van der Waals surface area contributed by atoms with E-state index in [4.69, 9.17) is 33.0 Å². The molecule has 1 aromatic carbocycles. The molecule has 0 bridgehead atoms. The number of oxime groups is 1. The lowest BCUT2D eigenvalue weighted by Crippen LogP contribution is -2.40. The van der Waals surface area contributed by atoms with Crippen LogP contribution in [0.2, 0.25) is 10.0 Å². The highest BCUT2D eigenvalue weighted by atomic mass is 35.5. The molecule has 8 nitrogen and oxygen atoms in total. The fraction of sp³-hybridized carbons (Fsp3) is 0.391. The first-order valence-electron chi connectivity index (χ1n) is 11.3. The minimum absolute atomic E-state index is 0.114. The highest BCUT2D eigenvalue weighted by Crippen LogP contribution is 2.39. The van der Waals surface area contributed by atoms with Gasteiger partial charge in [-0.15, -0.1) is 11.3 Å². The van der Waals surface area contributed by atoms with Gasteiger partial charge in [0.2, 0.25) is 11.7 Å². The summed E-state index contributed by atoms with van der Waals surface area (Å²) in [5.74, 6) is -1.80. The molecule has 0 aliphatic carbocycles. The van der Waals surface area contributed by atoms with Gasteiger partial charge in [0.25, 0.3) is 5.56 Å². The normalized spacial score (nSPS) is 18.7. The Kier molecular flexibility index (Phi) is 7.08. The van der Waals surface area contributed by atoms with Crippen LogP contribution in [0.5, 0.6) is 0 Å². The van der Waals surface area contributed by atoms with Crippen LogP contribution in [0.15, 0.2) is 44.1 Å². The molecule has 0 spiro atoms. The highest BCUT2D eigenvalue weighted by molar-refractivity contribution is 7.10. The average molecular weight is 575 g/mol. The Bertz CT molecular complexity index is 1390. The number of hydrogen-bond acceptors (Lipinski definition) is 7. The van der Waals surface area contributed by atoms with E-state index in [1.54, 1.807) is 18.2 Å². The first-order valence-corrected chi connectivity index (χ1v) is 12.9. The molecule has 5 rings (SSSR count). The van der Waals surface area contributed by atoms with E-state index >= 15 is 0 Å². The molecule has 1 saturated heterocycles. The van der Waals surface area contributed by atoms with E-state index < -0.39 is 36.1 Å². The van der Waals surface area contributed by atoms with Crippen molar-refractivity contribution in [3.8, 4) is 0 Å². The number of carbonyl (C=O) groups is 1. The number of carbonyl (C=O) groups excluding carboxylic acids is 1. The molecule has 2 aliphatic rings. The standard InChI is InChI=1S/C23H19Cl2F3N4O4S/c24-13-2-1-3-14(25)21(13)17-8-15(30-35-17)16-11-37-22(29-16)12-4-6-31(7-5-12)20(34)10-32-19(33)9-18(36-32)23(26,27)28/h1-3,9,11-12,17H,4-8,10H2. The Labute approximate surface area is 222 Å². The number of likely N-dealkylation sites (tertiary alicyclic amines) is 1. The molecular weight excluding hydrogens is 556 g/mol. The Morgan fingerprint density at radius 3 is 2.54 bits per heavy atom. The van der Waals surface area contributed by atoms with Gasteiger partial charge in [0.15, 0.2) is 6.10 Å². The van der Waals surface area contributed by atoms with Crippen molar-refractivity contribution in [2.75, 3.05) is 13.1 Å². The van der Waals surface area contributed by atoms with Crippen LogP contribution in [0.25, 0.3) is 0 Å². The lowest BCUT2D eigenvalue weighted by atomic mass is 9.97. The SMILES string of the molecule is O=C(Cn1oc(C(F)(F)F)cc1=O)N1CCC(c2nc(C3=NOC(c4c(Cl)cccc4Cl)C3)cs2)CC1. The molecule has 4 heterocycles. The number of benzene rings is 1. The predicted molar refractivity (Wildman–Crippen MR) is 130 cm³/mol. The van der Waals surface area contributed by atoms with Crippen LogP contribution in [0.4, 0.5) is 13.2 Å². The van der Waals surface area contributed by atoms with E-state index in [9.17, 15) is 22.8 Å². The number of nitrogens with zero attached hydrogens (tertiary/aromatic N) is 4. The Balaban J connectivity index is 1.17. The third kappa shape index (κ3) is 5.41. The number of aromatic nitrogens is 2. The molecule has 3 aromatic rings. The average Bonchev–Trinajstić information content (AvgIpc) is 3.59. The molecule has 2 aliphatic heterocycles. The fourth-order valence-electron chi connectivity index (χ4n) is 4.33. The van der Waals surface area contributed by atoms with Gasteiger partial charge < -0.3 is 14.3 Å². The van der Waals surface area contributed by atoms with E-state index in [-0.39, 0.29) is 5.92 Å². The van der Waals surface area contributed by atoms with Gasteiger partial charge in [-0.2, -0.15) is 17.9 Å². The van der Waals surface area contributed by atoms with E-state index in [0.29, 0.717) is 70.2 Å². The summed E-state index contributed by atoms with van der Waals surface area (Å²) in [6, 6.07) is 5.59. The van der Waals surface area contributed by atoms with E-state index in [0.717, 1.165) is 5.01 Å². The summed E-state index contributed by atoms with van der Waals surface area (Å²) in [5.41, 5.74) is 1.08. The summed E-state index contributed by atoms with van der Waals surface area (Å²) < 4.78 is 43.2. The summed E-state index contributed by atoms with van der Waals surface area (Å²) in [6.07, 6.45) is -3.47. The van der Waals surface area contributed by atoms with E-state index in [1.807, 2.05) is 5.38 Å². The number of rotatable bonds is 5. The van der Waals surface area contributed by atoms with Crippen LogP contribution in [-0.2, 0) is 22.4 Å². The van der Waals surface area contributed by atoms with Gasteiger partial charge in [0.1, 0.15) is 12.3 Å². The van der Waals surface area contributed by atoms with Gasteiger partial charge in [-0.3, -0.25) is 9.59 Å². The van der Waals surface area contributed by atoms with Crippen molar-refractivity contribution in [3.63, 3.8) is 0 Å². The lowest BCUT2D eigenvalue weighted by Gasteiger charge is -2.31. The van der Waals surface area contributed by atoms with E-state index in [1.165, 1.54) is 16.2 Å². The van der Waals surface area contributed by atoms with Crippen molar-refractivity contribution in [1.29, 1.82) is 0 Å². The van der Waals surface area contributed by atoms with Gasteiger partial charge in [-0.25, -0.2) is 4.98 Å². The zero-order valence-corrected chi connectivity index (χ0v) is 21.3. The minimum Gasteiger partial charge on any atom is -0.387 e. The Morgan fingerprint density at radius 2 is 1.89 bits per heavy atom. The van der Waals surface area contributed by atoms with Crippen molar-refractivity contribution >= 4 is 46.2 Å². The van der Waals surface area contributed by atoms with E-state index in [2.05, 4.69) is 9.68 Å². The monoisotopic (exact) mass is 574 g/mol. The number of halogens is 5. The largest absolute Gasteiger partial charge is 0.452 e. The van der Waals surface area contributed by atoms with Gasteiger partial charge in [-0.05, 0) is 25.0 Å². The molecule has 1 unspecified atom stereocenters. The van der Waals surface area contributed by atoms with Crippen molar-refractivity contribution in [1.82, 2.24) is 14.6 Å². The summed E-state index contributed by atoms with van der Waals surface area (Å²) in [4.78, 5) is 36.1. The maximum atomic E-state index is 12.7. The first kappa shape index (κ1) is 25.8. The van der Waals surface area contributed by atoms with Gasteiger partial charge in [-0.1, -0.05) is 34.4 Å². The Hall–Kier alpha value is -2.83. The number of thiazole rings is 1. The van der Waals surface area contributed by atoms with Gasteiger partial charge in [0, 0.05) is 46.4 Å². The van der Waals surface area contributed by atoms with Crippen molar-refractivity contribution < 1.29 is 27.3 Å². The molecule has 0 saturated carbocycles. The Morgan fingerprint density at radius 1 is 1.19 bits per heavy atom. The number of amides is 1. The molecule has 1 amide bonds. The first-order chi connectivity index (χ1) is 17.6. The molecule has 0 radical (unpaired) electrons. The molecule has 2 aromatic heterocycles. The lowest BCUT2D eigenvalue weighted by molar-refractivity contribution is -0.159. The second kappa shape index (κ2) is 10.1. The van der Waals surface area contributed by atoms with Crippen molar-refractivity contribution in [2.24, 2.45) is 5.16 Å². The summed E-state index contributed by atoms with van der Waals surface area (Å²) >= 11 is 14.1. The summed E-state index contributed by atoms with van der Waals surface area (Å²) in [5, 5.41) is 8.01. The van der Waals surface area contributed by atoms with Gasteiger partial charge >= 0.3 is 6.18 Å². The number of hydrogen-bond donors (Lipinski definition) is 0. The predicted octanol–water partition coefficient (Wildman–Crippen LogP) is 5.50. The molecule has 1 fully saturated rings. The maximum absolute atomic E-state index is 12.7. The molecule has 14 heteroatoms. The van der Waals surface area contributed by atoms with Crippen LogP contribution in [-0.4, -0.2) is 39.3 Å². The second-order valence-electron chi connectivity index (χ2n) is 8.67. The third-order valence-corrected chi connectivity index (χ3v) is 7.94. The summed E-state index contributed by atoms with van der Waals surface area (Å²) in [6.45, 7) is 0.186. The van der Waals surface area contributed by atoms with Crippen LogP contribution in [0.1, 0.15) is 53.3 Å². The topological polar surface area (TPSA) is 89.9 Å². The third-order valence-electron chi connectivity index (χ3n) is 6.27. The molecule has 37 heavy (non-hydrogen) atoms. The zero-order chi connectivity index (χ0) is 26.3. The highest BCUT2D eigenvalue weighted by Gasteiger charge is 2.37. The van der Waals surface area contributed by atoms with Crippen molar-refractivity contribution in [3.05, 3.63) is 72.1 Å². The molecule has 196 valence electrons. The van der Waals surface area contributed by atoms with Crippen molar-refractivity contribution in [2.45, 2.75) is 44.0 Å². The molecule has 1 atom stereocenters. The van der Waals surface area contributed by atoms with Gasteiger partial charge in [0.05, 0.1) is 16.8 Å². The smallest absolute Gasteiger partial charge is 0.387 e. The summed E-state index contributed by atoms with van der Waals surface area (Å²) in [7, 11) is 0.